The van der Waals surface area contributed by atoms with Gasteiger partial charge in [0.05, 0.1) is 18.4 Å². The van der Waals surface area contributed by atoms with E-state index in [1.165, 1.54) is 7.11 Å². The number of hydrogen-bond acceptors (Lipinski definition) is 5. The van der Waals surface area contributed by atoms with Crippen molar-refractivity contribution in [2.24, 2.45) is 0 Å². The maximum Gasteiger partial charge on any atom is 0.339 e. The fourth-order valence-corrected chi connectivity index (χ4v) is 3.82. The largest absolute Gasteiger partial charge is 0.465 e. The number of esters is 1. The van der Waals surface area contributed by atoms with Crippen LogP contribution in [0.1, 0.15) is 27.0 Å². The molecule has 0 radical (unpaired) electrons. The molecule has 2 amide bonds. The van der Waals surface area contributed by atoms with Crippen LogP contribution in [-0.4, -0.2) is 31.9 Å². The summed E-state index contributed by atoms with van der Waals surface area (Å²) in [6.07, 6.45) is 1.23. The van der Waals surface area contributed by atoms with Gasteiger partial charge in [-0.05, 0) is 60.7 Å². The maximum atomic E-state index is 12.9. The summed E-state index contributed by atoms with van der Waals surface area (Å²) in [5.74, 6) is 0.920. The Morgan fingerprint density at radius 2 is 1.70 bits per heavy atom. The second kappa shape index (κ2) is 10.1. The van der Waals surface area contributed by atoms with Gasteiger partial charge in [-0.25, -0.2) is 9.59 Å². The highest BCUT2D eigenvalue weighted by atomic mass is 16.7. The van der Waals surface area contributed by atoms with Crippen molar-refractivity contribution in [1.82, 2.24) is 5.32 Å². The molecule has 1 aliphatic heterocycles. The molecule has 3 aromatic rings. The average molecular weight is 447 g/mol. The van der Waals surface area contributed by atoms with Crippen LogP contribution in [0.15, 0.2) is 66.7 Å². The highest BCUT2D eigenvalue weighted by molar-refractivity contribution is 6.01. The lowest BCUT2D eigenvalue weighted by Crippen LogP contribution is -2.41. The number of aryl methyl sites for hydroxylation is 1. The number of hydrogen-bond donors (Lipinski definition) is 2. The third-order valence-electron chi connectivity index (χ3n) is 5.41. The van der Waals surface area contributed by atoms with Crippen LogP contribution in [0.25, 0.3) is 0 Å². The topological polar surface area (TPSA) is 85.9 Å². The Hall–Kier alpha value is -4.00. The first-order chi connectivity index (χ1) is 16.0. The normalized spacial score (nSPS) is 12.7. The minimum atomic E-state index is -0.508. The first-order valence-corrected chi connectivity index (χ1v) is 10.7. The molecule has 1 atom stereocenters. The number of amides is 2. The number of fused-ring (bicyclic) bond motifs is 1. The van der Waals surface area contributed by atoms with Crippen LogP contribution in [-0.2, 0) is 17.6 Å². The molecule has 0 spiro atoms. The third-order valence-corrected chi connectivity index (χ3v) is 5.41. The number of methoxy groups -OCH3 is 1. The Morgan fingerprint density at radius 1 is 0.939 bits per heavy atom. The summed E-state index contributed by atoms with van der Waals surface area (Å²) in [6.45, 7) is 2.11. The zero-order chi connectivity index (χ0) is 23.2. The van der Waals surface area contributed by atoms with Crippen LogP contribution in [0.3, 0.4) is 0 Å². The molecule has 0 bridgehead atoms. The van der Waals surface area contributed by atoms with E-state index in [0.717, 1.165) is 22.4 Å². The van der Waals surface area contributed by atoms with E-state index < -0.39 is 12.0 Å². The maximum absolute atomic E-state index is 12.9. The molecule has 7 nitrogen and oxygen atoms in total. The van der Waals surface area contributed by atoms with Gasteiger partial charge >= 0.3 is 12.0 Å². The third kappa shape index (κ3) is 5.63. The van der Waals surface area contributed by atoms with Gasteiger partial charge in [-0.15, -0.1) is 0 Å². The van der Waals surface area contributed by atoms with Crippen molar-refractivity contribution in [3.63, 3.8) is 0 Å². The van der Waals surface area contributed by atoms with E-state index >= 15 is 0 Å². The lowest BCUT2D eigenvalue weighted by Gasteiger charge is -2.20. The molecule has 4 rings (SSSR count). The van der Waals surface area contributed by atoms with E-state index in [-0.39, 0.29) is 12.8 Å². The van der Waals surface area contributed by atoms with E-state index in [1.54, 1.807) is 18.2 Å². The Labute approximate surface area is 192 Å². The lowest BCUT2D eigenvalue weighted by molar-refractivity contribution is 0.0602. The molecule has 7 heteroatoms. The van der Waals surface area contributed by atoms with Gasteiger partial charge in [0.1, 0.15) is 0 Å². The predicted octanol–water partition coefficient (Wildman–Crippen LogP) is 4.49. The summed E-state index contributed by atoms with van der Waals surface area (Å²) in [5.41, 5.74) is 3.74. The summed E-state index contributed by atoms with van der Waals surface area (Å²) in [5, 5.41) is 5.87. The SMILES string of the molecule is COC(=O)c1ccc(C)cc1NC(=O)N[C@H](Cc1ccccc1)Cc1ccc2c(c1)OCO2. The fourth-order valence-electron chi connectivity index (χ4n) is 3.82. The number of ether oxygens (including phenoxy) is 3. The van der Waals surface area contributed by atoms with Crippen molar-refractivity contribution in [3.05, 3.63) is 89.0 Å². The molecule has 2 N–H and O–H groups in total. The van der Waals surface area contributed by atoms with Gasteiger partial charge in [0.15, 0.2) is 11.5 Å². The number of rotatable bonds is 7. The van der Waals surface area contributed by atoms with E-state index in [1.807, 2.05) is 55.5 Å². The average Bonchev–Trinajstić information content (AvgIpc) is 3.27. The molecular formula is C26H26N2O5. The van der Waals surface area contributed by atoms with Crippen LogP contribution in [0.4, 0.5) is 10.5 Å². The van der Waals surface area contributed by atoms with E-state index in [0.29, 0.717) is 29.8 Å². The molecule has 0 saturated carbocycles. The molecule has 1 heterocycles. The molecule has 0 fully saturated rings. The molecule has 0 aromatic heterocycles. The second-order valence-corrected chi connectivity index (χ2v) is 7.92. The molecule has 0 saturated heterocycles. The van der Waals surface area contributed by atoms with Crippen LogP contribution in [0.2, 0.25) is 0 Å². The molecule has 170 valence electrons. The lowest BCUT2D eigenvalue weighted by atomic mass is 9.98. The number of carbonyl (C=O) groups excluding carboxylic acids is 2. The second-order valence-electron chi connectivity index (χ2n) is 7.92. The summed E-state index contributed by atoms with van der Waals surface area (Å²) in [4.78, 5) is 25.1. The van der Waals surface area contributed by atoms with Crippen molar-refractivity contribution in [2.45, 2.75) is 25.8 Å². The van der Waals surface area contributed by atoms with Crippen LogP contribution >= 0.6 is 0 Å². The van der Waals surface area contributed by atoms with Crippen molar-refractivity contribution >= 4 is 17.7 Å². The molecular weight excluding hydrogens is 420 g/mol. The molecule has 0 aliphatic carbocycles. The van der Waals surface area contributed by atoms with Crippen molar-refractivity contribution in [1.29, 1.82) is 0 Å². The number of carbonyl (C=O) groups is 2. The molecule has 0 unspecified atom stereocenters. The van der Waals surface area contributed by atoms with Gasteiger partial charge in [0, 0.05) is 6.04 Å². The number of anilines is 1. The fraction of sp³-hybridized carbons (Fsp3) is 0.231. The van der Waals surface area contributed by atoms with E-state index in [4.69, 9.17) is 14.2 Å². The molecule has 1 aliphatic rings. The molecule has 3 aromatic carbocycles. The Morgan fingerprint density at radius 3 is 2.48 bits per heavy atom. The van der Waals surface area contributed by atoms with Gasteiger partial charge in [-0.2, -0.15) is 0 Å². The van der Waals surface area contributed by atoms with Gasteiger partial charge in [-0.1, -0.05) is 42.5 Å². The minimum Gasteiger partial charge on any atom is -0.465 e. The van der Waals surface area contributed by atoms with Gasteiger partial charge in [0.25, 0.3) is 0 Å². The van der Waals surface area contributed by atoms with Crippen molar-refractivity contribution in [2.75, 3.05) is 19.2 Å². The van der Waals surface area contributed by atoms with Crippen LogP contribution in [0.5, 0.6) is 11.5 Å². The zero-order valence-corrected chi connectivity index (χ0v) is 18.6. The highest BCUT2D eigenvalue weighted by Crippen LogP contribution is 2.33. The van der Waals surface area contributed by atoms with Gasteiger partial charge in [0.2, 0.25) is 6.79 Å². The Balaban J connectivity index is 1.52. The Bertz CT molecular complexity index is 1150. The zero-order valence-electron chi connectivity index (χ0n) is 18.6. The van der Waals surface area contributed by atoms with Gasteiger partial charge in [-0.3, -0.25) is 0 Å². The van der Waals surface area contributed by atoms with Crippen molar-refractivity contribution in [3.8, 4) is 11.5 Å². The first-order valence-electron chi connectivity index (χ1n) is 10.7. The smallest absolute Gasteiger partial charge is 0.339 e. The van der Waals surface area contributed by atoms with Crippen LogP contribution < -0.4 is 20.1 Å². The molecule has 33 heavy (non-hydrogen) atoms. The van der Waals surface area contributed by atoms with Gasteiger partial charge < -0.3 is 24.8 Å². The number of nitrogens with one attached hydrogen (secondary N) is 2. The minimum absolute atomic E-state index is 0.195. The number of benzene rings is 3. The summed E-state index contributed by atoms with van der Waals surface area (Å²) >= 11 is 0. The summed E-state index contributed by atoms with van der Waals surface area (Å²) in [7, 11) is 1.31. The standard InChI is InChI=1S/C26H26N2O5/c1-17-8-10-21(25(29)31-2)22(12-17)28-26(30)27-20(13-18-6-4-3-5-7-18)14-19-9-11-23-24(15-19)33-16-32-23/h3-12,15,20H,13-14,16H2,1-2H3,(H2,27,28,30)/t20-/m1/s1. The predicted molar refractivity (Wildman–Crippen MR) is 125 cm³/mol. The Kier molecular flexibility index (Phi) is 6.78. The quantitative estimate of drug-likeness (QED) is 0.523. The van der Waals surface area contributed by atoms with E-state index in [2.05, 4.69) is 10.6 Å². The monoisotopic (exact) mass is 446 g/mol. The highest BCUT2D eigenvalue weighted by Gasteiger charge is 2.19. The van der Waals surface area contributed by atoms with E-state index in [9.17, 15) is 9.59 Å². The van der Waals surface area contributed by atoms with Crippen molar-refractivity contribution < 1.29 is 23.8 Å². The van der Waals surface area contributed by atoms with Crippen LogP contribution in [0, 0.1) is 6.92 Å². The summed E-state index contributed by atoms with van der Waals surface area (Å²) < 4.78 is 15.7. The number of urea groups is 1. The first kappa shape index (κ1) is 22.2. The summed E-state index contributed by atoms with van der Waals surface area (Å²) in [6, 6.07) is 20.4.